The van der Waals surface area contributed by atoms with E-state index in [1.807, 2.05) is 17.8 Å². The predicted octanol–water partition coefficient (Wildman–Crippen LogP) is 2.03. The summed E-state index contributed by atoms with van der Waals surface area (Å²) in [7, 11) is 1.94. The highest BCUT2D eigenvalue weighted by molar-refractivity contribution is 4.97. The third-order valence-corrected chi connectivity index (χ3v) is 3.22. The van der Waals surface area contributed by atoms with Gasteiger partial charge in [-0.2, -0.15) is 0 Å². The van der Waals surface area contributed by atoms with Crippen LogP contribution in [0.4, 0.5) is 0 Å². The number of aliphatic hydroxyl groups is 1. The molecule has 0 aliphatic heterocycles. The zero-order valence-corrected chi connectivity index (χ0v) is 8.69. The van der Waals surface area contributed by atoms with Crippen molar-refractivity contribution < 1.29 is 5.11 Å². The van der Waals surface area contributed by atoms with E-state index in [9.17, 15) is 5.11 Å². The molecule has 1 aromatic rings. The van der Waals surface area contributed by atoms with Crippen molar-refractivity contribution >= 4 is 0 Å². The minimum atomic E-state index is -0.365. The molecular formula is C11H18N2O. The molecule has 0 amide bonds. The van der Waals surface area contributed by atoms with Gasteiger partial charge in [-0.05, 0) is 18.8 Å². The molecule has 0 saturated heterocycles. The van der Waals surface area contributed by atoms with Crippen molar-refractivity contribution in [3.05, 3.63) is 18.2 Å². The van der Waals surface area contributed by atoms with Crippen molar-refractivity contribution in [2.45, 2.75) is 38.2 Å². The SMILES string of the molecule is Cn1ccnc1C(O)C1CCCCC1. The van der Waals surface area contributed by atoms with Gasteiger partial charge in [0.05, 0.1) is 0 Å². The highest BCUT2D eigenvalue weighted by Gasteiger charge is 2.25. The quantitative estimate of drug-likeness (QED) is 0.782. The van der Waals surface area contributed by atoms with Crippen LogP contribution < -0.4 is 0 Å². The van der Waals surface area contributed by atoms with Gasteiger partial charge in [0.2, 0.25) is 0 Å². The Kier molecular flexibility index (Phi) is 2.87. The molecule has 1 aliphatic rings. The van der Waals surface area contributed by atoms with E-state index in [-0.39, 0.29) is 6.10 Å². The number of imidazole rings is 1. The Bertz CT molecular complexity index is 289. The lowest BCUT2D eigenvalue weighted by Crippen LogP contribution is -2.18. The highest BCUT2D eigenvalue weighted by atomic mass is 16.3. The monoisotopic (exact) mass is 194 g/mol. The van der Waals surface area contributed by atoms with Gasteiger partial charge >= 0.3 is 0 Å². The first-order valence-electron chi connectivity index (χ1n) is 5.44. The first kappa shape index (κ1) is 9.71. The Morgan fingerprint density at radius 1 is 1.43 bits per heavy atom. The van der Waals surface area contributed by atoms with E-state index in [0.29, 0.717) is 5.92 Å². The lowest BCUT2D eigenvalue weighted by molar-refractivity contribution is 0.0748. The Labute approximate surface area is 84.8 Å². The van der Waals surface area contributed by atoms with Gasteiger partial charge in [-0.15, -0.1) is 0 Å². The molecule has 1 fully saturated rings. The maximum Gasteiger partial charge on any atom is 0.137 e. The van der Waals surface area contributed by atoms with Crippen molar-refractivity contribution in [1.29, 1.82) is 0 Å². The van der Waals surface area contributed by atoms with Crippen LogP contribution in [0.25, 0.3) is 0 Å². The number of hydrogen-bond acceptors (Lipinski definition) is 2. The topological polar surface area (TPSA) is 38.0 Å². The van der Waals surface area contributed by atoms with E-state index >= 15 is 0 Å². The summed E-state index contributed by atoms with van der Waals surface area (Å²) in [5, 5.41) is 10.1. The number of hydrogen-bond donors (Lipinski definition) is 1. The lowest BCUT2D eigenvalue weighted by atomic mass is 9.85. The first-order chi connectivity index (χ1) is 6.79. The maximum atomic E-state index is 10.1. The molecular weight excluding hydrogens is 176 g/mol. The van der Waals surface area contributed by atoms with Crippen molar-refractivity contribution in [1.82, 2.24) is 9.55 Å². The van der Waals surface area contributed by atoms with Crippen LogP contribution in [0.2, 0.25) is 0 Å². The zero-order valence-electron chi connectivity index (χ0n) is 8.69. The van der Waals surface area contributed by atoms with Gasteiger partial charge in [0.25, 0.3) is 0 Å². The summed E-state index contributed by atoms with van der Waals surface area (Å²) in [5.74, 6) is 1.24. The van der Waals surface area contributed by atoms with Crippen molar-refractivity contribution in [3.8, 4) is 0 Å². The van der Waals surface area contributed by atoms with Gasteiger partial charge < -0.3 is 9.67 Å². The second-order valence-electron chi connectivity index (χ2n) is 4.24. The van der Waals surface area contributed by atoms with Crippen LogP contribution in [0.3, 0.4) is 0 Å². The Morgan fingerprint density at radius 3 is 2.71 bits per heavy atom. The Balaban J connectivity index is 2.07. The summed E-state index contributed by atoms with van der Waals surface area (Å²) in [5.41, 5.74) is 0. The summed E-state index contributed by atoms with van der Waals surface area (Å²) in [6.07, 6.45) is 9.41. The number of aryl methyl sites for hydroxylation is 1. The molecule has 1 N–H and O–H groups in total. The van der Waals surface area contributed by atoms with Gasteiger partial charge in [0.15, 0.2) is 0 Å². The van der Waals surface area contributed by atoms with Gasteiger partial charge in [-0.1, -0.05) is 19.3 Å². The first-order valence-corrected chi connectivity index (χ1v) is 5.44. The summed E-state index contributed by atoms with van der Waals surface area (Å²) in [6.45, 7) is 0. The lowest BCUT2D eigenvalue weighted by Gasteiger charge is -2.26. The predicted molar refractivity (Wildman–Crippen MR) is 54.7 cm³/mol. The number of nitrogens with zero attached hydrogens (tertiary/aromatic N) is 2. The van der Waals surface area contributed by atoms with Gasteiger partial charge in [-0.3, -0.25) is 0 Å². The van der Waals surface area contributed by atoms with E-state index in [1.54, 1.807) is 6.20 Å². The van der Waals surface area contributed by atoms with Gasteiger partial charge in [0.1, 0.15) is 11.9 Å². The molecule has 1 saturated carbocycles. The summed E-state index contributed by atoms with van der Waals surface area (Å²) in [4.78, 5) is 4.20. The summed E-state index contributed by atoms with van der Waals surface area (Å²) >= 11 is 0. The molecule has 3 nitrogen and oxygen atoms in total. The third-order valence-electron chi connectivity index (χ3n) is 3.22. The fourth-order valence-corrected chi connectivity index (χ4v) is 2.32. The van der Waals surface area contributed by atoms with Crippen LogP contribution in [0.1, 0.15) is 44.0 Å². The van der Waals surface area contributed by atoms with Gasteiger partial charge in [0, 0.05) is 19.4 Å². The van der Waals surface area contributed by atoms with E-state index in [1.165, 1.54) is 19.3 Å². The minimum Gasteiger partial charge on any atom is -0.385 e. The Hall–Kier alpha value is -0.830. The standard InChI is InChI=1S/C11H18N2O/c1-13-8-7-12-11(13)10(14)9-5-3-2-4-6-9/h7-10,14H,2-6H2,1H3. The van der Waals surface area contributed by atoms with E-state index in [0.717, 1.165) is 18.7 Å². The van der Waals surface area contributed by atoms with Crippen molar-refractivity contribution in [2.75, 3.05) is 0 Å². The normalized spacial score (nSPS) is 21.0. The van der Waals surface area contributed by atoms with E-state index in [4.69, 9.17) is 0 Å². The third kappa shape index (κ3) is 1.82. The van der Waals surface area contributed by atoms with Crippen LogP contribution in [-0.2, 0) is 7.05 Å². The molecule has 1 aliphatic carbocycles. The fraction of sp³-hybridized carbons (Fsp3) is 0.727. The smallest absolute Gasteiger partial charge is 0.137 e. The number of aliphatic hydroxyl groups excluding tert-OH is 1. The molecule has 1 unspecified atom stereocenters. The highest BCUT2D eigenvalue weighted by Crippen LogP contribution is 2.33. The minimum absolute atomic E-state index is 0.365. The van der Waals surface area contributed by atoms with Crippen molar-refractivity contribution in [2.24, 2.45) is 13.0 Å². The van der Waals surface area contributed by atoms with Crippen LogP contribution in [0.15, 0.2) is 12.4 Å². The summed E-state index contributed by atoms with van der Waals surface area (Å²) < 4.78 is 1.92. The van der Waals surface area contributed by atoms with Crippen LogP contribution >= 0.6 is 0 Å². The van der Waals surface area contributed by atoms with Crippen molar-refractivity contribution in [3.63, 3.8) is 0 Å². The molecule has 0 aromatic carbocycles. The second kappa shape index (κ2) is 4.13. The molecule has 0 spiro atoms. The average molecular weight is 194 g/mol. The molecule has 1 atom stereocenters. The van der Waals surface area contributed by atoms with Gasteiger partial charge in [-0.25, -0.2) is 4.98 Å². The number of rotatable bonds is 2. The van der Waals surface area contributed by atoms with Crippen LogP contribution in [-0.4, -0.2) is 14.7 Å². The fourth-order valence-electron chi connectivity index (χ4n) is 2.32. The molecule has 1 aromatic heterocycles. The van der Waals surface area contributed by atoms with E-state index in [2.05, 4.69) is 4.98 Å². The van der Waals surface area contributed by atoms with Crippen LogP contribution in [0, 0.1) is 5.92 Å². The number of aromatic nitrogens is 2. The Morgan fingerprint density at radius 2 is 2.14 bits per heavy atom. The molecule has 0 radical (unpaired) electrons. The molecule has 14 heavy (non-hydrogen) atoms. The average Bonchev–Trinajstić information content (AvgIpc) is 2.65. The molecule has 0 bridgehead atoms. The van der Waals surface area contributed by atoms with Crippen LogP contribution in [0.5, 0.6) is 0 Å². The van der Waals surface area contributed by atoms with E-state index < -0.39 is 0 Å². The summed E-state index contributed by atoms with van der Waals surface area (Å²) in [6, 6.07) is 0. The molecule has 3 heteroatoms. The maximum absolute atomic E-state index is 10.1. The molecule has 2 rings (SSSR count). The molecule has 78 valence electrons. The molecule has 1 heterocycles. The largest absolute Gasteiger partial charge is 0.385 e. The second-order valence-corrected chi connectivity index (χ2v) is 4.24. The zero-order chi connectivity index (χ0) is 9.97.